The van der Waals surface area contributed by atoms with Gasteiger partial charge in [-0.3, -0.25) is 0 Å². The molecule has 0 unspecified atom stereocenters. The molecule has 2 heterocycles. The summed E-state index contributed by atoms with van der Waals surface area (Å²) in [6, 6.07) is 53.3. The molecule has 5 nitrogen and oxygen atoms in total. The van der Waals surface area contributed by atoms with E-state index in [0.29, 0.717) is 16.9 Å². The zero-order chi connectivity index (χ0) is 33.8. The van der Waals surface area contributed by atoms with Gasteiger partial charge in [0.05, 0.1) is 47.0 Å². The molecule has 9 rings (SSSR count). The van der Waals surface area contributed by atoms with Crippen molar-refractivity contribution in [2.75, 3.05) is 0 Å². The third kappa shape index (κ3) is 4.24. The van der Waals surface area contributed by atoms with Crippen molar-refractivity contribution in [3.8, 4) is 39.7 Å². The van der Waals surface area contributed by atoms with Crippen LogP contribution in [0, 0.1) is 24.5 Å². The van der Waals surface area contributed by atoms with Gasteiger partial charge in [-0.1, -0.05) is 103 Å². The number of para-hydroxylation sites is 3. The molecule has 7 aromatic carbocycles. The molecule has 0 N–H and O–H groups in total. The third-order valence-electron chi connectivity index (χ3n) is 9.59. The standard InChI is InChI=1S/C45H25N5/c1-47-38-19-11-23-43-44(38)37-26-29(28-46)24-25-42(37)50(43)45-36(18-10-20-39(45)48-2)33-15-4-3-14-32(33)30-12-9-13-31(27-30)49-40-21-7-5-16-34(40)35-17-6-8-22-41(35)49/h3-27H. The lowest BCUT2D eigenvalue weighted by Gasteiger charge is -2.19. The molecule has 50 heavy (non-hydrogen) atoms. The van der Waals surface area contributed by atoms with Crippen LogP contribution in [-0.4, -0.2) is 9.13 Å². The highest BCUT2D eigenvalue weighted by Gasteiger charge is 2.22. The maximum atomic E-state index is 9.76. The molecular weight excluding hydrogens is 611 g/mol. The van der Waals surface area contributed by atoms with Crippen LogP contribution in [0.2, 0.25) is 0 Å². The Hall–Kier alpha value is -7.39. The van der Waals surface area contributed by atoms with Gasteiger partial charge in [-0.15, -0.1) is 0 Å². The van der Waals surface area contributed by atoms with Crippen LogP contribution in [-0.2, 0) is 0 Å². The minimum absolute atomic E-state index is 0.493. The van der Waals surface area contributed by atoms with Gasteiger partial charge in [-0.25, -0.2) is 9.69 Å². The lowest BCUT2D eigenvalue weighted by molar-refractivity contribution is 1.18. The van der Waals surface area contributed by atoms with Gasteiger partial charge in [-0.05, 0) is 76.2 Å². The largest absolute Gasteiger partial charge is 0.320 e. The van der Waals surface area contributed by atoms with Crippen LogP contribution in [0.15, 0.2) is 152 Å². The maximum Gasteiger partial charge on any atom is 0.211 e. The van der Waals surface area contributed by atoms with Gasteiger partial charge in [0.1, 0.15) is 0 Å². The van der Waals surface area contributed by atoms with Gasteiger partial charge < -0.3 is 9.13 Å². The Morgan fingerprint density at radius 2 is 1.08 bits per heavy atom. The molecule has 0 atom stereocenters. The highest BCUT2D eigenvalue weighted by molar-refractivity contribution is 6.16. The smallest absolute Gasteiger partial charge is 0.211 e. The Bertz CT molecular complexity index is 2920. The van der Waals surface area contributed by atoms with E-state index in [2.05, 4.69) is 122 Å². The average molecular weight is 636 g/mol. The van der Waals surface area contributed by atoms with Crippen molar-refractivity contribution in [2.24, 2.45) is 0 Å². The SMILES string of the molecule is [C-]#[N+]c1cccc(-c2ccccc2-c2cccc(-n3c4ccccc4c4ccccc43)c2)c1-n1c2ccc(C#N)cc2c2c([N+]#[C-])cccc21. The molecule has 0 radical (unpaired) electrons. The first-order valence-electron chi connectivity index (χ1n) is 16.2. The number of aromatic nitrogens is 2. The fourth-order valence-corrected chi connectivity index (χ4v) is 7.51. The summed E-state index contributed by atoms with van der Waals surface area (Å²) in [4.78, 5) is 7.87. The van der Waals surface area contributed by atoms with Crippen molar-refractivity contribution in [1.82, 2.24) is 9.13 Å². The lowest BCUT2D eigenvalue weighted by Crippen LogP contribution is -1.99. The van der Waals surface area contributed by atoms with E-state index in [1.54, 1.807) is 12.1 Å². The molecular formula is C45H25N5. The first-order valence-corrected chi connectivity index (χ1v) is 16.2. The fraction of sp³-hybridized carbons (Fsp3) is 0. The highest BCUT2D eigenvalue weighted by Crippen LogP contribution is 2.45. The van der Waals surface area contributed by atoms with Gasteiger partial charge in [-0.2, -0.15) is 5.26 Å². The van der Waals surface area contributed by atoms with E-state index in [0.717, 1.165) is 66.5 Å². The zero-order valence-corrected chi connectivity index (χ0v) is 26.7. The number of rotatable bonds is 4. The molecule has 0 fully saturated rings. The van der Waals surface area contributed by atoms with Gasteiger partial charge in [0, 0.05) is 27.4 Å². The van der Waals surface area contributed by atoms with E-state index in [-0.39, 0.29) is 0 Å². The molecule has 5 heteroatoms. The number of nitriles is 1. The lowest BCUT2D eigenvalue weighted by atomic mass is 9.92. The third-order valence-corrected chi connectivity index (χ3v) is 9.59. The van der Waals surface area contributed by atoms with Crippen LogP contribution >= 0.6 is 0 Å². The van der Waals surface area contributed by atoms with Crippen LogP contribution in [0.4, 0.5) is 11.4 Å². The van der Waals surface area contributed by atoms with Crippen molar-refractivity contribution in [3.05, 3.63) is 180 Å². The van der Waals surface area contributed by atoms with Gasteiger partial charge in [0.25, 0.3) is 0 Å². The summed E-state index contributed by atoms with van der Waals surface area (Å²) >= 11 is 0. The Kier molecular flexibility index (Phi) is 6.56. The highest BCUT2D eigenvalue weighted by atomic mass is 15.0. The normalized spacial score (nSPS) is 11.1. The molecule has 0 saturated heterocycles. The molecule has 0 aliphatic rings. The summed E-state index contributed by atoms with van der Waals surface area (Å²) in [6.07, 6.45) is 0. The van der Waals surface area contributed by atoms with E-state index in [1.807, 2.05) is 42.5 Å². The van der Waals surface area contributed by atoms with Crippen LogP contribution in [0.3, 0.4) is 0 Å². The molecule has 0 bridgehead atoms. The number of hydrogen-bond acceptors (Lipinski definition) is 1. The Labute approximate surface area is 288 Å². The molecule has 0 saturated carbocycles. The molecule has 0 aliphatic heterocycles. The molecule has 0 aliphatic carbocycles. The van der Waals surface area contributed by atoms with Crippen molar-refractivity contribution in [3.63, 3.8) is 0 Å². The summed E-state index contributed by atoms with van der Waals surface area (Å²) in [6.45, 7) is 16.2. The maximum absolute atomic E-state index is 9.76. The second-order valence-corrected chi connectivity index (χ2v) is 12.2. The first kappa shape index (κ1) is 28.8. The van der Waals surface area contributed by atoms with Crippen molar-refractivity contribution in [2.45, 2.75) is 0 Å². The van der Waals surface area contributed by atoms with Crippen LogP contribution < -0.4 is 0 Å². The van der Waals surface area contributed by atoms with E-state index < -0.39 is 0 Å². The monoisotopic (exact) mass is 635 g/mol. The van der Waals surface area contributed by atoms with E-state index in [9.17, 15) is 5.26 Å². The number of fused-ring (bicyclic) bond motifs is 6. The van der Waals surface area contributed by atoms with Crippen molar-refractivity contribution in [1.29, 1.82) is 5.26 Å². The molecule has 0 amide bonds. The summed E-state index contributed by atoms with van der Waals surface area (Å²) in [7, 11) is 0. The minimum atomic E-state index is 0.493. The van der Waals surface area contributed by atoms with Gasteiger partial charge in [0.15, 0.2) is 5.69 Å². The van der Waals surface area contributed by atoms with E-state index in [4.69, 9.17) is 13.1 Å². The molecule has 2 aromatic heterocycles. The fourth-order valence-electron chi connectivity index (χ4n) is 7.51. The molecule has 9 aromatic rings. The second-order valence-electron chi connectivity index (χ2n) is 12.2. The average Bonchev–Trinajstić information content (AvgIpc) is 3.70. The van der Waals surface area contributed by atoms with Crippen LogP contribution in [0.25, 0.3) is 86.9 Å². The van der Waals surface area contributed by atoms with Crippen LogP contribution in [0.1, 0.15) is 5.56 Å². The first-order chi connectivity index (χ1) is 24.7. The zero-order valence-electron chi connectivity index (χ0n) is 26.7. The Morgan fingerprint density at radius 3 is 1.82 bits per heavy atom. The number of benzene rings is 7. The van der Waals surface area contributed by atoms with Crippen molar-refractivity contribution >= 4 is 55.0 Å². The van der Waals surface area contributed by atoms with E-state index in [1.165, 1.54) is 10.8 Å². The van der Waals surface area contributed by atoms with Crippen LogP contribution in [0.5, 0.6) is 0 Å². The van der Waals surface area contributed by atoms with Crippen molar-refractivity contribution < 1.29 is 0 Å². The molecule has 0 spiro atoms. The number of nitrogens with zero attached hydrogens (tertiary/aromatic N) is 5. The summed E-state index contributed by atoms with van der Waals surface area (Å²) < 4.78 is 4.42. The number of hydrogen-bond donors (Lipinski definition) is 0. The quantitative estimate of drug-likeness (QED) is 0.177. The topological polar surface area (TPSA) is 42.4 Å². The summed E-state index contributed by atoms with van der Waals surface area (Å²) in [5, 5.41) is 13.8. The predicted octanol–water partition coefficient (Wildman–Crippen LogP) is 12.2. The Morgan fingerprint density at radius 1 is 0.480 bits per heavy atom. The molecule has 230 valence electrons. The predicted molar refractivity (Wildman–Crippen MR) is 203 cm³/mol. The van der Waals surface area contributed by atoms with E-state index >= 15 is 0 Å². The second kappa shape index (κ2) is 11.4. The van der Waals surface area contributed by atoms with Gasteiger partial charge >= 0.3 is 0 Å². The van der Waals surface area contributed by atoms with Gasteiger partial charge in [0.2, 0.25) is 5.69 Å². The summed E-state index contributed by atoms with van der Waals surface area (Å²) in [5.74, 6) is 0. The summed E-state index contributed by atoms with van der Waals surface area (Å²) in [5.41, 5.74) is 11.2. The Balaban J connectivity index is 1.31. The minimum Gasteiger partial charge on any atom is -0.320 e.